The predicted molar refractivity (Wildman–Crippen MR) is 163 cm³/mol. The Bertz CT molecular complexity index is 2420. The Kier molecular flexibility index (Phi) is 39.2. The van der Waals surface area contributed by atoms with Crippen molar-refractivity contribution in [2.45, 2.75) is 65.5 Å². The molecule has 2 fully saturated rings. The van der Waals surface area contributed by atoms with Crippen LogP contribution in [0.3, 0.4) is 0 Å². The van der Waals surface area contributed by atoms with Crippen molar-refractivity contribution in [1.29, 1.82) is 0 Å². The third-order valence-electron chi connectivity index (χ3n) is 6.50. The third-order valence-corrected chi connectivity index (χ3v) is 10.8. The van der Waals surface area contributed by atoms with Gasteiger partial charge in [-0.1, -0.05) is 11.8 Å². The van der Waals surface area contributed by atoms with Gasteiger partial charge in [-0.15, -0.1) is 0 Å². The van der Waals surface area contributed by atoms with Crippen molar-refractivity contribution in [1.82, 2.24) is 0 Å². The minimum atomic E-state index is -6.43. The molecule has 3 rings (SSSR count). The zero-order chi connectivity index (χ0) is 44.4. The fourth-order valence-corrected chi connectivity index (χ4v) is 8.97. The summed E-state index contributed by atoms with van der Waals surface area (Å²) >= 11 is 0.241. The van der Waals surface area contributed by atoms with E-state index in [1.165, 1.54) is 12.1 Å². The van der Waals surface area contributed by atoms with Gasteiger partial charge in [0.2, 0.25) is 72.8 Å². The number of rotatable bonds is 20. The standard InChI is InChI=1S/C18H27NO31S8.7Na/c19-7-1-3-8(4-2-7)51-18-16(50-58(38,39)40)13(47-55(29,30)31)11(9(44-18)5-41-52(20,21)22)45-17-15(49-57(35,36)37)14(48-56(32,33)34)12(46-54(26,27)28)10(43-17)6-42-53(23,24)25;;;;;;;/h1-4,9-18H,5-6,19H2,(H,20,21,22)(H,23,24,25)(H,26,27,28)(H,29,30,31)(H,32,33,34)(H,35,36,37)(H,38,39,40);;;;;;;/q;7*+1/p-7/t9-,10-,11-,12-,13+,14+,15-,16-,17+,18+;;;;;;;/m1......./s1. The average Bonchev–Trinajstić information content (AvgIpc) is 2.98. The zero-order valence-electron chi connectivity index (χ0n) is 34.0. The van der Waals surface area contributed by atoms with Crippen LogP contribution in [0.5, 0.6) is 0 Å². The number of nitrogens with two attached hydrogens (primary N) is 1. The molecule has 65 heavy (non-hydrogen) atoms. The molecule has 47 heteroatoms. The molecule has 0 spiro atoms. The van der Waals surface area contributed by atoms with Crippen LogP contribution in [0.2, 0.25) is 0 Å². The Balaban J connectivity index is -0.00000171. The molecule has 2 N–H and O–H groups in total. The Hall–Kier alpha value is 5.34. The van der Waals surface area contributed by atoms with Crippen molar-refractivity contribution in [3.05, 3.63) is 24.3 Å². The van der Waals surface area contributed by atoms with Gasteiger partial charge in [0.15, 0.2) is 12.4 Å². The van der Waals surface area contributed by atoms with E-state index in [0.717, 1.165) is 12.1 Å². The van der Waals surface area contributed by atoms with Crippen molar-refractivity contribution in [3.63, 3.8) is 0 Å². The van der Waals surface area contributed by atoms with Crippen LogP contribution >= 0.6 is 11.8 Å². The van der Waals surface area contributed by atoms with Gasteiger partial charge in [0, 0.05) is 10.6 Å². The molecular weight excluding hydrogens is 1140 g/mol. The van der Waals surface area contributed by atoms with E-state index in [2.05, 4.69) is 29.3 Å². The largest absolute Gasteiger partial charge is 1.00 e. The first-order valence-corrected chi connectivity index (χ1v) is 24.1. The predicted octanol–water partition coefficient (Wildman–Crippen LogP) is -27.6. The van der Waals surface area contributed by atoms with Crippen LogP contribution in [0.25, 0.3) is 0 Å². The summed E-state index contributed by atoms with van der Waals surface area (Å²) in [5, 5.41) is 0. The molecule has 338 valence electrons. The van der Waals surface area contributed by atoms with Crippen LogP contribution in [-0.2, 0) is 116 Å². The molecule has 2 heterocycles. The number of thioether (sulfide) groups is 1. The van der Waals surface area contributed by atoms with Crippen LogP contribution < -0.4 is 213 Å². The molecule has 0 unspecified atom stereocenters. The SMILES string of the molecule is Nc1ccc(S[C@@H]2O[C@H](COS(=O)(=O)[O-])[C@@H](O[C@@H]3O[C@H](COS(=O)(=O)[O-])[C@@H](OS(=O)(=O)[O-])[C@H](OS(=O)(=O)[O-])[C@H]3OS(=O)(=O)[O-])[C@H](OS(=O)(=O)[O-])[C@H]2OS(=O)(=O)[O-])cc1.[Na+].[Na+].[Na+].[Na+].[Na+].[Na+].[Na+]. The number of nitrogen functional groups attached to an aromatic ring is 1. The quantitative estimate of drug-likeness (QED) is 0.0548. The fraction of sp³-hybridized carbons (Fsp3) is 0.667. The first-order chi connectivity index (χ1) is 26.0. The summed E-state index contributed by atoms with van der Waals surface area (Å²) in [6.07, 6.45) is -28.0. The van der Waals surface area contributed by atoms with Crippen molar-refractivity contribution in [3.8, 4) is 0 Å². The number of ether oxygens (including phenoxy) is 3. The Morgan fingerprint density at radius 2 is 0.769 bits per heavy atom. The maximum Gasteiger partial charge on any atom is 1.00 e. The molecule has 1 aromatic rings. The van der Waals surface area contributed by atoms with Crippen LogP contribution in [0.15, 0.2) is 29.2 Å². The number of hydrogen-bond donors (Lipinski definition) is 1. The van der Waals surface area contributed by atoms with E-state index in [-0.39, 0.29) is 229 Å². The maximum absolute atomic E-state index is 12.0. The van der Waals surface area contributed by atoms with Gasteiger partial charge in [0.05, 0.1) is 13.2 Å². The second-order valence-electron chi connectivity index (χ2n) is 10.6. The monoisotopic (exact) mass is 1160 g/mol. The Morgan fingerprint density at radius 1 is 0.446 bits per heavy atom. The van der Waals surface area contributed by atoms with Crippen molar-refractivity contribution < 1.29 is 341 Å². The van der Waals surface area contributed by atoms with Crippen molar-refractivity contribution >= 4 is 90.2 Å². The van der Waals surface area contributed by atoms with E-state index >= 15 is 0 Å². The Morgan fingerprint density at radius 3 is 1.14 bits per heavy atom. The van der Waals surface area contributed by atoms with Gasteiger partial charge in [-0.2, -0.15) is 0 Å². The van der Waals surface area contributed by atoms with Crippen LogP contribution in [0, 0.1) is 0 Å². The van der Waals surface area contributed by atoms with Crippen LogP contribution in [-0.4, -0.2) is 165 Å². The molecule has 0 radical (unpaired) electrons. The topological polar surface area (TPSA) is 519 Å². The van der Waals surface area contributed by atoms with E-state index in [1.54, 1.807) is 0 Å². The van der Waals surface area contributed by atoms with Gasteiger partial charge in [-0.25, -0.2) is 58.9 Å². The molecule has 2 saturated heterocycles. The van der Waals surface area contributed by atoms with Gasteiger partial charge in [0.1, 0.15) is 48.2 Å². The van der Waals surface area contributed by atoms with E-state index < -0.39 is 147 Å². The van der Waals surface area contributed by atoms with E-state index in [4.69, 9.17) is 19.9 Å². The third kappa shape index (κ3) is 31.2. The first-order valence-electron chi connectivity index (χ1n) is 13.9. The Labute approximate surface area is 530 Å². The number of hydrogen-bond acceptors (Lipinski definition) is 33. The van der Waals surface area contributed by atoms with Gasteiger partial charge in [-0.3, -0.25) is 29.3 Å². The second kappa shape index (κ2) is 32.2. The van der Waals surface area contributed by atoms with Gasteiger partial charge in [0.25, 0.3) is 0 Å². The molecule has 2 aliphatic rings. The van der Waals surface area contributed by atoms with Crippen molar-refractivity contribution in [2.24, 2.45) is 0 Å². The zero-order valence-corrected chi connectivity index (χ0v) is 54.5. The molecule has 32 nitrogen and oxygen atoms in total. The first kappa shape index (κ1) is 79.2. The molecule has 0 aromatic heterocycles. The molecule has 2 aliphatic heterocycles. The summed E-state index contributed by atoms with van der Waals surface area (Å²) in [6.45, 7) is -3.77. The van der Waals surface area contributed by atoms with E-state index in [0.29, 0.717) is 0 Å². The summed E-state index contributed by atoms with van der Waals surface area (Å²) in [5.74, 6) is 0. The number of benzene rings is 1. The summed E-state index contributed by atoms with van der Waals surface area (Å²) in [5.41, 5.74) is 3.42. The smallest absolute Gasteiger partial charge is 0.726 e. The molecule has 0 bridgehead atoms. The minimum Gasteiger partial charge on any atom is -0.726 e. The van der Waals surface area contributed by atoms with Crippen molar-refractivity contribution in [2.75, 3.05) is 18.9 Å². The molecule has 0 aliphatic carbocycles. The van der Waals surface area contributed by atoms with E-state index in [9.17, 15) is 90.8 Å². The summed E-state index contributed by atoms with van der Waals surface area (Å²) in [7, 11) is -43.5. The fourth-order valence-electron chi connectivity index (χ4n) is 4.75. The van der Waals surface area contributed by atoms with Gasteiger partial charge < -0.3 is 51.8 Å². The van der Waals surface area contributed by atoms with Gasteiger partial charge >= 0.3 is 207 Å². The second-order valence-corrected chi connectivity index (χ2v) is 18.9. The molecular formula is C18H20NNa7O31S8. The molecule has 10 atom stereocenters. The summed E-state index contributed by atoms with van der Waals surface area (Å²) < 4.78 is 289. The van der Waals surface area contributed by atoms with Crippen LogP contribution in [0.4, 0.5) is 5.69 Å². The van der Waals surface area contributed by atoms with Gasteiger partial charge in [-0.05, 0) is 24.3 Å². The average molecular weight is 1160 g/mol. The van der Waals surface area contributed by atoms with E-state index in [1.807, 2.05) is 0 Å². The van der Waals surface area contributed by atoms with Crippen LogP contribution in [0.1, 0.15) is 0 Å². The maximum atomic E-state index is 12.0. The summed E-state index contributed by atoms with van der Waals surface area (Å²) in [4.78, 5) is -0.0608. The summed E-state index contributed by atoms with van der Waals surface area (Å²) in [6, 6.07) is 4.69. The normalized spacial score (nSPS) is 26.4. The molecule has 0 amide bonds. The minimum absolute atomic E-state index is 0. The number of anilines is 1. The molecule has 1 aromatic carbocycles. The molecule has 0 saturated carbocycles.